The summed E-state index contributed by atoms with van der Waals surface area (Å²) >= 11 is 0. The van der Waals surface area contributed by atoms with Crippen molar-refractivity contribution in [2.24, 2.45) is 10.8 Å². The molecule has 8 nitrogen and oxygen atoms in total. The Bertz CT molecular complexity index is 1190. The van der Waals surface area contributed by atoms with E-state index in [0.29, 0.717) is 38.5 Å². The van der Waals surface area contributed by atoms with Crippen LogP contribution in [0.15, 0.2) is 42.5 Å². The van der Waals surface area contributed by atoms with Gasteiger partial charge in [0, 0.05) is 38.3 Å². The van der Waals surface area contributed by atoms with Gasteiger partial charge in [0.1, 0.15) is 12.4 Å². The molecule has 0 unspecified atom stereocenters. The van der Waals surface area contributed by atoms with E-state index in [1.165, 1.54) is 6.07 Å². The highest BCUT2D eigenvalue weighted by Gasteiger charge is 2.57. The monoisotopic (exact) mass is 509 g/mol. The smallest absolute Gasteiger partial charge is 0.236 e. The highest BCUT2D eigenvalue weighted by atomic mass is 19.1. The largest absolute Gasteiger partial charge is 0.496 e. The number of fused-ring (bicyclic) bond motifs is 4. The summed E-state index contributed by atoms with van der Waals surface area (Å²) in [5.74, 6) is 0.296. The van der Waals surface area contributed by atoms with Crippen molar-refractivity contribution in [2.45, 2.75) is 27.0 Å². The van der Waals surface area contributed by atoms with Gasteiger partial charge in [-0.3, -0.25) is 19.3 Å². The number of ketones is 1. The molecular formula is C28H32FN3O5. The third-order valence-corrected chi connectivity index (χ3v) is 7.65. The molecule has 0 N–H and O–H groups in total. The molecular weight excluding hydrogens is 477 g/mol. The molecule has 0 atom stereocenters. The van der Waals surface area contributed by atoms with Crippen molar-refractivity contribution < 1.29 is 28.2 Å². The number of methoxy groups -OCH3 is 1. The zero-order chi connectivity index (χ0) is 26.4. The number of para-hydroxylation sites is 1. The topological polar surface area (TPSA) is 79.4 Å². The lowest BCUT2D eigenvalue weighted by atomic mass is 9.64. The highest BCUT2D eigenvalue weighted by molar-refractivity contribution is 5.96. The Labute approximate surface area is 215 Å². The Kier molecular flexibility index (Phi) is 6.43. The molecule has 0 saturated carbocycles. The molecule has 0 aliphatic carbocycles. The van der Waals surface area contributed by atoms with E-state index >= 15 is 0 Å². The standard InChI is InChI=1S/C28H32FN3O5/c1-27-15-31-17-28(2,26(27)35)18-32(16-27)25(34)13-30(12-24(31)33)11-19-8-9-22(36-3)20(10-19)14-37-23-7-5-4-6-21(23)29/h4-10H,11-18H2,1-3H3. The van der Waals surface area contributed by atoms with E-state index in [1.54, 1.807) is 35.1 Å². The summed E-state index contributed by atoms with van der Waals surface area (Å²) in [6.07, 6.45) is 0. The lowest BCUT2D eigenvalue weighted by molar-refractivity contribution is -0.169. The van der Waals surface area contributed by atoms with Crippen LogP contribution in [0, 0.1) is 16.6 Å². The van der Waals surface area contributed by atoms with Gasteiger partial charge in [-0.05, 0) is 43.7 Å². The first-order valence-corrected chi connectivity index (χ1v) is 12.5. The zero-order valence-corrected chi connectivity index (χ0v) is 21.5. The number of Topliss-reactive ketones (excluding diaryl/α,β-unsaturated/α-hetero) is 1. The summed E-state index contributed by atoms with van der Waals surface area (Å²) in [7, 11) is 1.56. The second-order valence-corrected chi connectivity index (χ2v) is 11.0. The van der Waals surface area contributed by atoms with Crippen LogP contribution in [0.5, 0.6) is 11.5 Å². The normalized spacial score (nSPS) is 26.1. The van der Waals surface area contributed by atoms with E-state index in [4.69, 9.17) is 9.47 Å². The first-order chi connectivity index (χ1) is 17.6. The summed E-state index contributed by atoms with van der Waals surface area (Å²) < 4.78 is 25.2. The van der Waals surface area contributed by atoms with Crippen molar-refractivity contribution in [2.75, 3.05) is 46.4 Å². The average Bonchev–Trinajstić information content (AvgIpc) is 2.85. The molecule has 4 aliphatic heterocycles. The predicted molar refractivity (Wildman–Crippen MR) is 133 cm³/mol. The van der Waals surface area contributed by atoms with Gasteiger partial charge in [-0.1, -0.05) is 18.2 Å². The van der Waals surface area contributed by atoms with Gasteiger partial charge in [0.15, 0.2) is 17.3 Å². The Morgan fingerprint density at radius 2 is 1.46 bits per heavy atom. The molecule has 2 aromatic carbocycles. The fourth-order valence-corrected chi connectivity index (χ4v) is 6.03. The molecule has 0 aromatic heterocycles. The molecule has 37 heavy (non-hydrogen) atoms. The minimum absolute atomic E-state index is 0.0764. The zero-order valence-electron chi connectivity index (χ0n) is 21.5. The van der Waals surface area contributed by atoms with Gasteiger partial charge >= 0.3 is 0 Å². The van der Waals surface area contributed by atoms with Crippen LogP contribution in [0.3, 0.4) is 0 Å². The van der Waals surface area contributed by atoms with E-state index < -0.39 is 16.6 Å². The van der Waals surface area contributed by atoms with Crippen LogP contribution in [0.25, 0.3) is 0 Å². The summed E-state index contributed by atoms with van der Waals surface area (Å²) in [4.78, 5) is 45.2. The van der Waals surface area contributed by atoms with Gasteiger partial charge in [0.25, 0.3) is 0 Å². The van der Waals surface area contributed by atoms with Gasteiger partial charge in [-0.15, -0.1) is 0 Å². The number of carbonyl (C=O) groups is 3. The Morgan fingerprint density at radius 1 is 0.865 bits per heavy atom. The molecule has 2 aromatic rings. The summed E-state index contributed by atoms with van der Waals surface area (Å²) in [6, 6.07) is 11.8. The maximum atomic E-state index is 14.0. The van der Waals surface area contributed by atoms with Crippen LogP contribution < -0.4 is 9.47 Å². The molecule has 4 bridgehead atoms. The van der Waals surface area contributed by atoms with Crippen molar-refractivity contribution >= 4 is 17.6 Å². The lowest BCUT2D eigenvalue weighted by Gasteiger charge is -2.56. The third kappa shape index (κ3) is 4.80. The Balaban J connectivity index is 1.35. The summed E-state index contributed by atoms with van der Waals surface area (Å²) in [5.41, 5.74) is 0.132. The SMILES string of the molecule is COc1ccc(CN2CC(=O)N3CC4(C)CN(CC(C)(C3)C4=O)C(=O)C2)cc1COc1ccccc1F. The van der Waals surface area contributed by atoms with E-state index in [1.807, 2.05) is 36.9 Å². The number of amides is 2. The van der Waals surface area contributed by atoms with Crippen LogP contribution in [-0.4, -0.2) is 78.7 Å². The number of hydrogen-bond acceptors (Lipinski definition) is 6. The fourth-order valence-electron chi connectivity index (χ4n) is 6.03. The van der Waals surface area contributed by atoms with Crippen molar-refractivity contribution in [1.29, 1.82) is 0 Å². The van der Waals surface area contributed by atoms with E-state index in [-0.39, 0.29) is 43.0 Å². The summed E-state index contributed by atoms with van der Waals surface area (Å²) in [6.45, 7) is 5.68. The minimum atomic E-state index is -0.734. The van der Waals surface area contributed by atoms with Crippen LogP contribution in [0.4, 0.5) is 4.39 Å². The van der Waals surface area contributed by atoms with Crippen LogP contribution >= 0.6 is 0 Å². The quantitative estimate of drug-likeness (QED) is 0.596. The second-order valence-electron chi connectivity index (χ2n) is 11.0. The molecule has 0 spiro atoms. The Hall–Kier alpha value is -3.46. The Morgan fingerprint density at radius 3 is 2.03 bits per heavy atom. The molecule has 6 rings (SSSR count). The third-order valence-electron chi connectivity index (χ3n) is 7.65. The summed E-state index contributed by atoms with van der Waals surface area (Å²) in [5, 5.41) is 0. The number of piperidine rings is 2. The number of ether oxygens (including phenoxy) is 2. The molecule has 196 valence electrons. The van der Waals surface area contributed by atoms with Gasteiger partial charge in [0.05, 0.1) is 31.0 Å². The van der Waals surface area contributed by atoms with Crippen molar-refractivity contribution in [3.63, 3.8) is 0 Å². The van der Waals surface area contributed by atoms with Gasteiger partial charge < -0.3 is 19.3 Å². The number of rotatable bonds is 6. The molecule has 4 saturated heterocycles. The van der Waals surface area contributed by atoms with Gasteiger partial charge in [-0.25, -0.2) is 4.39 Å². The van der Waals surface area contributed by atoms with E-state index in [0.717, 1.165) is 11.1 Å². The second kappa shape index (κ2) is 9.45. The molecule has 9 heteroatoms. The van der Waals surface area contributed by atoms with E-state index in [9.17, 15) is 18.8 Å². The maximum absolute atomic E-state index is 14.0. The molecule has 4 heterocycles. The van der Waals surface area contributed by atoms with Crippen molar-refractivity contribution in [3.05, 3.63) is 59.4 Å². The lowest BCUT2D eigenvalue weighted by Crippen LogP contribution is -2.71. The molecule has 2 amide bonds. The first-order valence-electron chi connectivity index (χ1n) is 12.5. The van der Waals surface area contributed by atoms with Crippen LogP contribution in [0.2, 0.25) is 0 Å². The molecule has 4 aliphatic rings. The highest BCUT2D eigenvalue weighted by Crippen LogP contribution is 2.42. The maximum Gasteiger partial charge on any atom is 0.236 e. The number of benzene rings is 2. The predicted octanol–water partition coefficient (Wildman–Crippen LogP) is 2.50. The number of hydrogen-bond donors (Lipinski definition) is 0. The van der Waals surface area contributed by atoms with Gasteiger partial charge in [-0.2, -0.15) is 0 Å². The number of nitrogens with zero attached hydrogens (tertiary/aromatic N) is 3. The van der Waals surface area contributed by atoms with E-state index in [2.05, 4.69) is 0 Å². The minimum Gasteiger partial charge on any atom is -0.496 e. The number of carbonyl (C=O) groups excluding carboxylic acids is 3. The molecule has 0 radical (unpaired) electrons. The first kappa shape index (κ1) is 25.2. The van der Waals surface area contributed by atoms with Gasteiger partial charge in [0.2, 0.25) is 11.8 Å². The van der Waals surface area contributed by atoms with Crippen LogP contribution in [0.1, 0.15) is 25.0 Å². The fraction of sp³-hybridized carbons (Fsp3) is 0.464. The van der Waals surface area contributed by atoms with Crippen LogP contribution in [-0.2, 0) is 27.5 Å². The molecule has 4 fully saturated rings. The number of halogens is 1. The van der Waals surface area contributed by atoms with Crippen molar-refractivity contribution in [3.8, 4) is 11.5 Å². The average molecular weight is 510 g/mol. The van der Waals surface area contributed by atoms with Crippen molar-refractivity contribution in [1.82, 2.24) is 14.7 Å².